The molecule has 10 heteroatoms. The van der Waals surface area contributed by atoms with E-state index in [9.17, 15) is 22.4 Å². The van der Waals surface area contributed by atoms with Crippen molar-refractivity contribution in [2.45, 2.75) is 76.4 Å². The molecule has 0 spiro atoms. The van der Waals surface area contributed by atoms with Gasteiger partial charge in [-0.05, 0) is 63.9 Å². The number of carbonyl (C=O) groups is 2. The lowest BCUT2D eigenvalue weighted by Crippen LogP contribution is -2.53. The maximum Gasteiger partial charge on any atom is 0.264 e. The second kappa shape index (κ2) is 14.5. The molecule has 230 valence electrons. The van der Waals surface area contributed by atoms with Crippen LogP contribution in [0.3, 0.4) is 0 Å². The summed E-state index contributed by atoms with van der Waals surface area (Å²) in [5.74, 6) is -1.25. The van der Waals surface area contributed by atoms with Gasteiger partial charge in [-0.15, -0.1) is 0 Å². The fourth-order valence-corrected chi connectivity index (χ4v) is 6.68. The molecule has 2 amide bonds. The first-order chi connectivity index (χ1) is 20.6. The number of benzene rings is 3. The number of nitrogens with zero attached hydrogens (tertiary/aromatic N) is 2. The lowest BCUT2D eigenvalue weighted by Gasteiger charge is -2.33. The van der Waals surface area contributed by atoms with Crippen LogP contribution in [0.15, 0.2) is 77.7 Å². The molecular weight excluding hydrogens is 569 g/mol. The standard InChI is InChI=1S/C33H40FN3O5S/c1-4-42-31-17-11-10-16-30(31)37(43(40,41)28-20-18-24(2)19-21-28)23-32(38)36(22-26-12-8-9-15-29(26)34)25(3)33(39)35-27-13-6-5-7-14-27/h8-12,15-21,25,27H,4-7,13-14,22-23H2,1-3H3,(H,35,39)/t25-/m0/s1. The molecule has 0 unspecified atom stereocenters. The highest BCUT2D eigenvalue weighted by Crippen LogP contribution is 2.33. The van der Waals surface area contributed by atoms with E-state index in [1.165, 1.54) is 23.1 Å². The number of amides is 2. The van der Waals surface area contributed by atoms with Crippen molar-refractivity contribution in [1.82, 2.24) is 10.2 Å². The third-order valence-corrected chi connectivity index (χ3v) is 9.51. The van der Waals surface area contributed by atoms with E-state index in [4.69, 9.17) is 4.74 Å². The van der Waals surface area contributed by atoms with Gasteiger partial charge in [-0.3, -0.25) is 13.9 Å². The fraction of sp³-hybridized carbons (Fsp3) is 0.394. The van der Waals surface area contributed by atoms with Gasteiger partial charge in [0, 0.05) is 18.2 Å². The quantitative estimate of drug-likeness (QED) is 0.289. The topological polar surface area (TPSA) is 96.0 Å². The molecule has 1 N–H and O–H groups in total. The van der Waals surface area contributed by atoms with Crippen molar-refractivity contribution in [3.8, 4) is 5.75 Å². The van der Waals surface area contributed by atoms with Crippen LogP contribution in [0.4, 0.5) is 10.1 Å². The van der Waals surface area contributed by atoms with Crippen molar-refractivity contribution in [2.24, 2.45) is 0 Å². The number of para-hydroxylation sites is 2. The van der Waals surface area contributed by atoms with Crippen molar-refractivity contribution in [3.63, 3.8) is 0 Å². The molecule has 3 aromatic rings. The SMILES string of the molecule is CCOc1ccccc1N(CC(=O)N(Cc1ccccc1F)[C@@H](C)C(=O)NC1CCCCC1)S(=O)(=O)c1ccc(C)cc1. The number of aryl methyl sites for hydroxylation is 1. The number of anilines is 1. The van der Waals surface area contributed by atoms with Crippen LogP contribution in [0.5, 0.6) is 5.75 Å². The van der Waals surface area contributed by atoms with E-state index in [2.05, 4.69) is 5.32 Å². The summed E-state index contributed by atoms with van der Waals surface area (Å²) < 4.78 is 49.7. The maximum atomic E-state index is 14.8. The van der Waals surface area contributed by atoms with E-state index in [1.54, 1.807) is 68.4 Å². The first-order valence-electron chi connectivity index (χ1n) is 14.8. The molecule has 1 aliphatic carbocycles. The predicted octanol–water partition coefficient (Wildman–Crippen LogP) is 5.59. The maximum absolute atomic E-state index is 14.8. The molecule has 0 heterocycles. The van der Waals surface area contributed by atoms with Crippen LogP contribution in [0, 0.1) is 12.7 Å². The summed E-state index contributed by atoms with van der Waals surface area (Å²) in [6.07, 6.45) is 4.87. The molecule has 0 radical (unpaired) electrons. The van der Waals surface area contributed by atoms with Gasteiger partial charge in [-0.2, -0.15) is 0 Å². The number of halogens is 1. The Morgan fingerprint density at radius 1 is 0.977 bits per heavy atom. The molecule has 3 aromatic carbocycles. The van der Waals surface area contributed by atoms with Gasteiger partial charge in [-0.25, -0.2) is 12.8 Å². The van der Waals surface area contributed by atoms with E-state index in [1.807, 2.05) is 6.92 Å². The summed E-state index contributed by atoms with van der Waals surface area (Å²) in [4.78, 5) is 28.8. The Morgan fingerprint density at radius 2 is 1.63 bits per heavy atom. The molecule has 1 atom stereocenters. The number of sulfonamides is 1. The molecule has 1 saturated carbocycles. The zero-order chi connectivity index (χ0) is 31.0. The zero-order valence-corrected chi connectivity index (χ0v) is 25.8. The van der Waals surface area contributed by atoms with Crippen molar-refractivity contribution >= 4 is 27.5 Å². The summed E-state index contributed by atoms with van der Waals surface area (Å²) >= 11 is 0. The largest absolute Gasteiger partial charge is 0.492 e. The third kappa shape index (κ3) is 7.93. The van der Waals surface area contributed by atoms with E-state index in [0.717, 1.165) is 42.0 Å². The van der Waals surface area contributed by atoms with Gasteiger partial charge in [0.15, 0.2) is 0 Å². The highest BCUT2D eigenvalue weighted by atomic mass is 32.2. The Balaban J connectivity index is 1.72. The van der Waals surface area contributed by atoms with Crippen molar-refractivity contribution in [1.29, 1.82) is 0 Å². The average Bonchev–Trinajstić information content (AvgIpc) is 3.00. The number of hydrogen-bond acceptors (Lipinski definition) is 5. The van der Waals surface area contributed by atoms with E-state index in [-0.39, 0.29) is 47.0 Å². The second-order valence-electron chi connectivity index (χ2n) is 10.9. The minimum Gasteiger partial charge on any atom is -0.492 e. The van der Waals surface area contributed by atoms with Gasteiger partial charge >= 0.3 is 0 Å². The number of nitrogens with one attached hydrogen (secondary N) is 1. The van der Waals surface area contributed by atoms with Crippen LogP contribution in [0.1, 0.15) is 57.1 Å². The van der Waals surface area contributed by atoms with Gasteiger partial charge in [0.25, 0.3) is 10.0 Å². The first kappa shape index (κ1) is 32.0. The molecule has 1 fully saturated rings. The third-order valence-electron chi connectivity index (χ3n) is 7.74. The molecule has 0 bridgehead atoms. The smallest absolute Gasteiger partial charge is 0.264 e. The second-order valence-corrected chi connectivity index (χ2v) is 12.7. The van der Waals surface area contributed by atoms with Crippen molar-refractivity contribution in [2.75, 3.05) is 17.5 Å². The zero-order valence-electron chi connectivity index (χ0n) is 25.0. The lowest BCUT2D eigenvalue weighted by molar-refractivity contribution is -0.139. The minimum absolute atomic E-state index is 0.000875. The molecule has 0 saturated heterocycles. The van der Waals surface area contributed by atoms with Crippen molar-refractivity contribution < 1.29 is 27.1 Å². The lowest BCUT2D eigenvalue weighted by atomic mass is 9.95. The number of ether oxygens (including phenoxy) is 1. The Labute approximate surface area is 253 Å². The van der Waals surface area contributed by atoms with Crippen LogP contribution in [0.2, 0.25) is 0 Å². The summed E-state index contributed by atoms with van der Waals surface area (Å²) in [6.45, 7) is 4.66. The number of hydrogen-bond donors (Lipinski definition) is 1. The summed E-state index contributed by atoms with van der Waals surface area (Å²) in [5, 5.41) is 3.05. The highest BCUT2D eigenvalue weighted by Gasteiger charge is 2.34. The minimum atomic E-state index is -4.26. The molecule has 0 aromatic heterocycles. The van der Waals surface area contributed by atoms with E-state index in [0.29, 0.717) is 0 Å². The summed E-state index contributed by atoms with van der Waals surface area (Å²) in [5.41, 5.74) is 1.28. The fourth-order valence-electron chi connectivity index (χ4n) is 5.25. The molecule has 43 heavy (non-hydrogen) atoms. The molecule has 1 aliphatic rings. The van der Waals surface area contributed by atoms with Crippen LogP contribution >= 0.6 is 0 Å². The molecule has 4 rings (SSSR count). The normalized spacial score (nSPS) is 14.5. The van der Waals surface area contributed by atoms with Gasteiger partial charge in [0.1, 0.15) is 24.2 Å². The molecule has 0 aliphatic heterocycles. The Hall–Kier alpha value is -3.92. The van der Waals surface area contributed by atoms with Gasteiger partial charge in [-0.1, -0.05) is 67.3 Å². The van der Waals surface area contributed by atoms with Gasteiger partial charge in [0.2, 0.25) is 11.8 Å². The Bertz CT molecular complexity index is 1510. The van der Waals surface area contributed by atoms with E-state index >= 15 is 0 Å². The van der Waals surface area contributed by atoms with E-state index < -0.39 is 34.3 Å². The van der Waals surface area contributed by atoms with Crippen LogP contribution in [-0.2, 0) is 26.2 Å². The van der Waals surface area contributed by atoms with Crippen LogP contribution < -0.4 is 14.4 Å². The first-order valence-corrected chi connectivity index (χ1v) is 16.2. The summed E-state index contributed by atoms with van der Waals surface area (Å²) in [6, 6.07) is 18.0. The van der Waals surface area contributed by atoms with Crippen molar-refractivity contribution in [3.05, 3.63) is 89.7 Å². The monoisotopic (exact) mass is 609 g/mol. The average molecular weight is 610 g/mol. The Morgan fingerprint density at radius 3 is 2.30 bits per heavy atom. The van der Waals surface area contributed by atoms with Gasteiger partial charge < -0.3 is 15.0 Å². The molecule has 8 nitrogen and oxygen atoms in total. The highest BCUT2D eigenvalue weighted by molar-refractivity contribution is 7.92. The number of carbonyl (C=O) groups excluding carboxylic acids is 2. The van der Waals surface area contributed by atoms with Gasteiger partial charge in [0.05, 0.1) is 17.2 Å². The van der Waals surface area contributed by atoms with Crippen LogP contribution in [0.25, 0.3) is 0 Å². The molecular formula is C33H40FN3O5S. The van der Waals surface area contributed by atoms with Crippen LogP contribution in [-0.4, -0.2) is 50.4 Å². The predicted molar refractivity (Wildman–Crippen MR) is 165 cm³/mol. The Kier molecular flexibility index (Phi) is 10.8. The summed E-state index contributed by atoms with van der Waals surface area (Å²) in [7, 11) is -4.26. The number of rotatable bonds is 12.